The first-order chi connectivity index (χ1) is 5.60. The summed E-state index contributed by atoms with van der Waals surface area (Å²) in [5, 5.41) is 8.02. The molecule has 0 aromatic carbocycles. The van der Waals surface area contributed by atoms with Gasteiger partial charge in [0.2, 0.25) is 0 Å². The van der Waals surface area contributed by atoms with Crippen molar-refractivity contribution in [3.8, 4) is 0 Å². The molecule has 0 aromatic heterocycles. The zero-order valence-electron chi connectivity index (χ0n) is 7.07. The van der Waals surface area contributed by atoms with E-state index in [0.29, 0.717) is 12.8 Å². The molecule has 0 saturated carbocycles. The second-order valence-corrected chi connectivity index (χ2v) is 2.17. The van der Waals surface area contributed by atoms with Crippen LogP contribution in [-0.4, -0.2) is 23.5 Å². The average Bonchev–Trinajstić information content (AvgIpc) is 1.98. The molecule has 0 spiro atoms. The van der Waals surface area contributed by atoms with E-state index in [0.717, 1.165) is 0 Å². The molecule has 0 aliphatic rings. The largest absolute Gasteiger partial charge is 0.518 e. The van der Waals surface area contributed by atoms with E-state index in [-0.39, 0.29) is 6.10 Å². The Hall–Kier alpha value is -1.26. The Kier molecular flexibility index (Phi) is 4.83. The van der Waals surface area contributed by atoms with Gasteiger partial charge in [-0.3, -0.25) is 0 Å². The van der Waals surface area contributed by atoms with Crippen molar-refractivity contribution in [1.29, 1.82) is 0 Å². The van der Waals surface area contributed by atoms with Crippen LogP contribution < -0.4 is 0 Å². The molecule has 0 unspecified atom stereocenters. The van der Waals surface area contributed by atoms with Gasteiger partial charge >= 0.3 is 12.3 Å². The molecule has 12 heavy (non-hydrogen) atoms. The molecule has 0 saturated heterocycles. The van der Waals surface area contributed by atoms with Crippen LogP contribution >= 0.6 is 0 Å². The molecular formula is C7H12O5. The molecule has 0 heterocycles. The van der Waals surface area contributed by atoms with Crippen LogP contribution in [0.4, 0.5) is 9.59 Å². The van der Waals surface area contributed by atoms with Crippen molar-refractivity contribution in [2.45, 2.75) is 32.8 Å². The van der Waals surface area contributed by atoms with Gasteiger partial charge in [-0.2, -0.15) is 0 Å². The van der Waals surface area contributed by atoms with Gasteiger partial charge in [0.1, 0.15) is 6.10 Å². The Morgan fingerprint density at radius 2 is 1.83 bits per heavy atom. The summed E-state index contributed by atoms with van der Waals surface area (Å²) in [7, 11) is 0. The summed E-state index contributed by atoms with van der Waals surface area (Å²) in [6.07, 6.45) is -1.78. The van der Waals surface area contributed by atoms with Crippen molar-refractivity contribution in [3.05, 3.63) is 0 Å². The third-order valence-corrected chi connectivity index (χ3v) is 1.34. The second-order valence-electron chi connectivity index (χ2n) is 2.17. The van der Waals surface area contributed by atoms with E-state index < -0.39 is 12.3 Å². The quantitative estimate of drug-likeness (QED) is 0.526. The summed E-state index contributed by atoms with van der Waals surface area (Å²) in [6.45, 7) is 3.67. The smallest absolute Gasteiger partial charge is 0.449 e. The first kappa shape index (κ1) is 10.7. The van der Waals surface area contributed by atoms with Crippen molar-refractivity contribution in [1.82, 2.24) is 0 Å². The summed E-state index contributed by atoms with van der Waals surface area (Å²) in [5.41, 5.74) is 0. The molecule has 70 valence electrons. The second kappa shape index (κ2) is 5.40. The third-order valence-electron chi connectivity index (χ3n) is 1.34. The number of carbonyl (C=O) groups is 2. The average molecular weight is 176 g/mol. The molecule has 0 radical (unpaired) electrons. The standard InChI is InChI=1S/C7H12O5/c1-3-5(4-2)11-7(10)12-6(8)9/h5H,3-4H2,1-2H3,(H,8,9). The normalized spacial score (nSPS) is 9.58. The topological polar surface area (TPSA) is 72.8 Å². The van der Waals surface area contributed by atoms with E-state index in [4.69, 9.17) is 5.11 Å². The van der Waals surface area contributed by atoms with Gasteiger partial charge in [0.25, 0.3) is 0 Å². The van der Waals surface area contributed by atoms with Gasteiger partial charge in [0.15, 0.2) is 0 Å². The molecule has 5 heteroatoms. The monoisotopic (exact) mass is 176 g/mol. The predicted molar refractivity (Wildman–Crippen MR) is 40.0 cm³/mol. The maximum absolute atomic E-state index is 10.6. The van der Waals surface area contributed by atoms with E-state index in [1.807, 2.05) is 13.8 Å². The number of carbonyl (C=O) groups excluding carboxylic acids is 1. The van der Waals surface area contributed by atoms with Crippen molar-refractivity contribution < 1.29 is 24.2 Å². The van der Waals surface area contributed by atoms with Gasteiger partial charge in [-0.05, 0) is 12.8 Å². The van der Waals surface area contributed by atoms with Gasteiger partial charge in [-0.25, -0.2) is 9.59 Å². The Balaban J connectivity index is 3.74. The van der Waals surface area contributed by atoms with E-state index in [2.05, 4.69) is 9.47 Å². The third kappa shape index (κ3) is 4.54. The highest BCUT2D eigenvalue weighted by Crippen LogP contribution is 2.03. The molecule has 0 amide bonds. The van der Waals surface area contributed by atoms with Crippen LogP contribution in [-0.2, 0) is 9.47 Å². The number of ether oxygens (including phenoxy) is 2. The lowest BCUT2D eigenvalue weighted by Crippen LogP contribution is -2.19. The van der Waals surface area contributed by atoms with E-state index in [1.54, 1.807) is 0 Å². The fourth-order valence-electron chi connectivity index (χ4n) is 0.687. The highest BCUT2D eigenvalue weighted by molar-refractivity contribution is 5.75. The minimum absolute atomic E-state index is 0.267. The molecule has 5 nitrogen and oxygen atoms in total. The van der Waals surface area contributed by atoms with Gasteiger partial charge in [-0.1, -0.05) is 13.8 Å². The summed E-state index contributed by atoms with van der Waals surface area (Å²) in [4.78, 5) is 20.4. The highest BCUT2D eigenvalue weighted by Gasteiger charge is 2.14. The van der Waals surface area contributed by atoms with Crippen LogP contribution in [0.1, 0.15) is 26.7 Å². The van der Waals surface area contributed by atoms with Gasteiger partial charge in [-0.15, -0.1) is 0 Å². The lowest BCUT2D eigenvalue weighted by Gasteiger charge is -2.11. The van der Waals surface area contributed by atoms with Crippen LogP contribution in [0.5, 0.6) is 0 Å². The zero-order chi connectivity index (χ0) is 9.56. The molecule has 0 bridgehead atoms. The Labute approximate surface area is 70.3 Å². The minimum atomic E-state index is -1.65. The fraction of sp³-hybridized carbons (Fsp3) is 0.714. The van der Waals surface area contributed by atoms with Crippen LogP contribution in [0.15, 0.2) is 0 Å². The van der Waals surface area contributed by atoms with Crippen LogP contribution in [0, 0.1) is 0 Å². The predicted octanol–water partition coefficient (Wildman–Crippen LogP) is 2.01. The van der Waals surface area contributed by atoms with E-state index >= 15 is 0 Å². The number of hydrogen-bond acceptors (Lipinski definition) is 4. The molecule has 0 atom stereocenters. The van der Waals surface area contributed by atoms with E-state index in [9.17, 15) is 9.59 Å². The summed E-state index contributed by atoms with van der Waals surface area (Å²) >= 11 is 0. The fourth-order valence-corrected chi connectivity index (χ4v) is 0.687. The van der Waals surface area contributed by atoms with Crippen molar-refractivity contribution in [2.24, 2.45) is 0 Å². The Morgan fingerprint density at radius 3 is 2.17 bits per heavy atom. The molecular weight excluding hydrogens is 164 g/mol. The van der Waals surface area contributed by atoms with Crippen molar-refractivity contribution in [2.75, 3.05) is 0 Å². The summed E-state index contributed by atoms with van der Waals surface area (Å²) in [6, 6.07) is 0. The summed E-state index contributed by atoms with van der Waals surface area (Å²) in [5.74, 6) is 0. The molecule has 0 fully saturated rings. The maximum Gasteiger partial charge on any atom is 0.518 e. The minimum Gasteiger partial charge on any atom is -0.449 e. The molecule has 0 aliphatic heterocycles. The van der Waals surface area contributed by atoms with Gasteiger partial charge in [0.05, 0.1) is 0 Å². The van der Waals surface area contributed by atoms with Crippen molar-refractivity contribution in [3.63, 3.8) is 0 Å². The lowest BCUT2D eigenvalue weighted by atomic mass is 10.2. The Bertz CT molecular complexity index is 161. The lowest BCUT2D eigenvalue weighted by molar-refractivity contribution is 0.0259. The Morgan fingerprint density at radius 1 is 1.33 bits per heavy atom. The molecule has 0 rings (SSSR count). The SMILES string of the molecule is CCC(CC)OC(=O)OC(=O)O. The maximum atomic E-state index is 10.6. The first-order valence-corrected chi connectivity index (χ1v) is 3.71. The number of hydrogen-bond donors (Lipinski definition) is 1. The van der Waals surface area contributed by atoms with Crippen LogP contribution in [0.2, 0.25) is 0 Å². The number of rotatable bonds is 3. The molecule has 1 N–H and O–H groups in total. The van der Waals surface area contributed by atoms with Gasteiger partial charge < -0.3 is 14.6 Å². The molecule has 0 aromatic rings. The van der Waals surface area contributed by atoms with Gasteiger partial charge in [0, 0.05) is 0 Å². The highest BCUT2D eigenvalue weighted by atomic mass is 16.8. The van der Waals surface area contributed by atoms with Crippen LogP contribution in [0.25, 0.3) is 0 Å². The number of carboxylic acid groups (broad SMARTS) is 1. The first-order valence-electron chi connectivity index (χ1n) is 3.71. The van der Waals surface area contributed by atoms with Crippen LogP contribution in [0.3, 0.4) is 0 Å². The summed E-state index contributed by atoms with van der Waals surface area (Å²) < 4.78 is 8.36. The molecule has 0 aliphatic carbocycles. The zero-order valence-corrected chi connectivity index (χ0v) is 7.07. The van der Waals surface area contributed by atoms with E-state index in [1.165, 1.54) is 0 Å². The van der Waals surface area contributed by atoms with Crippen molar-refractivity contribution >= 4 is 12.3 Å².